The van der Waals surface area contributed by atoms with E-state index < -0.39 is 6.63 Å². The summed E-state index contributed by atoms with van der Waals surface area (Å²) in [6.45, 7) is -0.423. The van der Waals surface area contributed by atoms with E-state index in [1.54, 1.807) is 0 Å². The number of hydrogen-bond donors (Lipinski definition) is 0. The first-order valence-electron chi connectivity index (χ1n) is 0.567. The van der Waals surface area contributed by atoms with Gasteiger partial charge in [-0.25, -0.2) is 0 Å². The standard InChI is InChI=1S/3HI.3Ti/h3*1H;;;/q;;;;;+3/p-3. The van der Waals surface area contributed by atoms with Crippen molar-refractivity contribution in [1.82, 2.24) is 0 Å². The van der Waals surface area contributed by atoms with Crippen LogP contribution in [0.1, 0.15) is 0 Å². The molecular formula is I3Ti3. The summed E-state index contributed by atoms with van der Waals surface area (Å²) in [5.74, 6) is 0. The maximum atomic E-state index is 2.48. The van der Waals surface area contributed by atoms with Crippen molar-refractivity contribution in [2.45, 2.75) is 0 Å². The van der Waals surface area contributed by atoms with Crippen LogP contribution in [0.4, 0.5) is 0 Å². The molecule has 0 saturated heterocycles. The summed E-state index contributed by atoms with van der Waals surface area (Å²) in [5.41, 5.74) is 0. The topological polar surface area (TPSA) is 0 Å². The van der Waals surface area contributed by atoms with Crippen molar-refractivity contribution < 1.29 is 50.1 Å². The molecule has 0 heterocycles. The van der Waals surface area contributed by atoms with Gasteiger partial charge in [0.25, 0.3) is 0 Å². The van der Waals surface area contributed by atoms with Crippen LogP contribution in [0.3, 0.4) is 0 Å². The summed E-state index contributed by atoms with van der Waals surface area (Å²) < 4.78 is 0. The van der Waals surface area contributed by atoms with Crippen LogP contribution < -0.4 is 0 Å². The summed E-state index contributed by atoms with van der Waals surface area (Å²) in [5, 5.41) is 0. The Hall–Kier alpha value is 4.33. The number of hydrogen-bond acceptors (Lipinski definition) is 0. The van der Waals surface area contributed by atoms with Crippen LogP contribution >= 0.6 is 57.6 Å². The first-order chi connectivity index (χ1) is 1.73. The van der Waals surface area contributed by atoms with Gasteiger partial charge in [-0.3, -0.25) is 0 Å². The quantitative estimate of drug-likeness (QED) is 0.338. The second-order valence-electron chi connectivity index (χ2n) is 0.214. The molecule has 6 heteroatoms. The molecule has 0 aliphatic rings. The van der Waals surface area contributed by atoms with Gasteiger partial charge >= 0.3 is 64.2 Å². The van der Waals surface area contributed by atoms with Crippen molar-refractivity contribution in [2.75, 3.05) is 0 Å². The second-order valence-corrected chi connectivity index (χ2v) is 39.8. The summed E-state index contributed by atoms with van der Waals surface area (Å²) in [6, 6.07) is 0. The van der Waals surface area contributed by atoms with Crippen LogP contribution in [0, 0.1) is 0 Å². The molecule has 0 N–H and O–H groups in total. The molecule has 0 aliphatic heterocycles. The van der Waals surface area contributed by atoms with Crippen LogP contribution in [-0.2, 0) is 50.1 Å². The largest absolute Gasteiger partial charge is 0 e. The fourth-order valence-electron chi connectivity index (χ4n) is 0. The van der Waals surface area contributed by atoms with E-state index in [4.69, 9.17) is 0 Å². The van der Waals surface area contributed by atoms with Gasteiger partial charge in [0.15, 0.2) is 0 Å². The Kier molecular flexibility index (Phi) is 33.6. The van der Waals surface area contributed by atoms with Crippen molar-refractivity contribution in [1.29, 1.82) is 0 Å². The third-order valence-corrected chi connectivity index (χ3v) is 0. The summed E-state index contributed by atoms with van der Waals surface area (Å²) >= 11 is 7.45. The molecule has 0 fully saturated rings. The predicted molar refractivity (Wildman–Crippen MR) is 42.1 cm³/mol. The fraction of sp³-hybridized carbons (Fsp3) is 0. The Labute approximate surface area is 104 Å². The molecule has 0 aromatic heterocycles. The molecule has 33 valence electrons. The van der Waals surface area contributed by atoms with E-state index in [0.29, 0.717) is 0 Å². The minimum atomic E-state index is -0.423. The molecule has 6 heavy (non-hydrogen) atoms. The Morgan fingerprint density at radius 2 is 0.833 bits per heavy atom. The third kappa shape index (κ3) is 23.9. The second kappa shape index (κ2) is 12.1. The van der Waals surface area contributed by atoms with Crippen LogP contribution in [-0.4, -0.2) is 0 Å². The maximum absolute atomic E-state index is 2.48. The van der Waals surface area contributed by atoms with E-state index in [1.165, 1.54) is 0 Å². The van der Waals surface area contributed by atoms with Gasteiger partial charge in [0, 0.05) is 43.4 Å². The van der Waals surface area contributed by atoms with E-state index in [1.807, 2.05) is 0 Å². The Balaban J connectivity index is -0.0000000450. The first-order valence-corrected chi connectivity index (χ1v) is 15.7. The number of halogens is 3. The molecule has 0 aromatic carbocycles. The average molecular weight is 524 g/mol. The molecule has 0 aliphatic carbocycles. The van der Waals surface area contributed by atoms with Gasteiger partial charge in [-0.05, 0) is 0 Å². The molecule has 0 aromatic rings. The monoisotopic (exact) mass is 525 g/mol. The van der Waals surface area contributed by atoms with Crippen LogP contribution in [0.25, 0.3) is 0 Å². The molecule has 0 rings (SSSR count). The van der Waals surface area contributed by atoms with Crippen molar-refractivity contribution in [3.8, 4) is 0 Å². The summed E-state index contributed by atoms with van der Waals surface area (Å²) in [6.07, 6.45) is 0. The van der Waals surface area contributed by atoms with E-state index >= 15 is 0 Å². The summed E-state index contributed by atoms with van der Waals surface area (Å²) in [4.78, 5) is 0. The van der Waals surface area contributed by atoms with E-state index in [0.717, 1.165) is 0 Å². The van der Waals surface area contributed by atoms with Crippen molar-refractivity contribution >= 4 is 57.6 Å². The van der Waals surface area contributed by atoms with E-state index in [2.05, 4.69) is 57.6 Å². The van der Waals surface area contributed by atoms with Crippen molar-refractivity contribution in [3.63, 3.8) is 0 Å². The minimum Gasteiger partial charge on any atom is 0 e. The Bertz CT molecular complexity index is 10.8. The smallest absolute Gasteiger partial charge is 0 e. The van der Waals surface area contributed by atoms with Crippen LogP contribution in [0.5, 0.6) is 0 Å². The molecule has 0 saturated carbocycles. The predicted octanol–water partition coefficient (Wildman–Crippen LogP) is 2.65. The fourth-order valence-corrected chi connectivity index (χ4v) is 0. The van der Waals surface area contributed by atoms with E-state index in [-0.39, 0.29) is 43.4 Å². The SMILES string of the molecule is [I][Ti]([I])[I].[Ti].[Ti]. The molecule has 0 atom stereocenters. The van der Waals surface area contributed by atoms with Gasteiger partial charge in [-0.1, -0.05) is 0 Å². The Morgan fingerprint density at radius 1 is 0.833 bits per heavy atom. The molecule has 0 unspecified atom stereocenters. The first kappa shape index (κ1) is 16.7. The average Bonchev–Trinajstić information content (AvgIpc) is 0.811. The van der Waals surface area contributed by atoms with Gasteiger partial charge in [0.05, 0.1) is 0 Å². The van der Waals surface area contributed by atoms with Gasteiger partial charge in [0.2, 0.25) is 0 Å². The zero-order valence-corrected chi connectivity index (χ0v) is 13.8. The molecule has 0 radical (unpaired) electrons. The van der Waals surface area contributed by atoms with Gasteiger partial charge in [-0.15, -0.1) is 0 Å². The van der Waals surface area contributed by atoms with Crippen molar-refractivity contribution in [2.24, 2.45) is 0 Å². The molecular weight excluding hydrogens is 524 g/mol. The summed E-state index contributed by atoms with van der Waals surface area (Å²) in [7, 11) is 0. The Morgan fingerprint density at radius 3 is 0.833 bits per heavy atom. The van der Waals surface area contributed by atoms with Gasteiger partial charge < -0.3 is 0 Å². The zero-order valence-electron chi connectivity index (χ0n) is 2.63. The molecule has 0 bridgehead atoms. The van der Waals surface area contributed by atoms with Gasteiger partial charge in [0.1, 0.15) is 0 Å². The number of rotatable bonds is 0. The zero-order chi connectivity index (χ0) is 3.58. The molecule has 0 nitrogen and oxygen atoms in total. The molecule has 0 amide bonds. The van der Waals surface area contributed by atoms with Crippen molar-refractivity contribution in [3.05, 3.63) is 0 Å². The van der Waals surface area contributed by atoms with Crippen LogP contribution in [0.15, 0.2) is 0 Å². The molecule has 0 spiro atoms. The minimum absolute atomic E-state index is 0. The van der Waals surface area contributed by atoms with Crippen LogP contribution in [0.2, 0.25) is 0 Å². The maximum Gasteiger partial charge on any atom is 0 e. The third-order valence-electron chi connectivity index (χ3n) is 0. The van der Waals surface area contributed by atoms with E-state index in [9.17, 15) is 0 Å². The van der Waals surface area contributed by atoms with Gasteiger partial charge in [-0.2, -0.15) is 0 Å². The normalized spacial score (nSPS) is 4.50.